The minimum absolute atomic E-state index is 0.327. The van der Waals surface area contributed by atoms with Crippen molar-refractivity contribution in [3.63, 3.8) is 0 Å². The average Bonchev–Trinajstić information content (AvgIpc) is 3.47. The maximum absolute atomic E-state index is 13.9. The van der Waals surface area contributed by atoms with Crippen LogP contribution in [0.25, 0.3) is 22.2 Å². The van der Waals surface area contributed by atoms with Crippen LogP contribution >= 0.6 is 27.3 Å². The van der Waals surface area contributed by atoms with Crippen molar-refractivity contribution >= 4 is 55.2 Å². The lowest BCUT2D eigenvalue weighted by Gasteiger charge is -2.30. The first-order valence-corrected chi connectivity index (χ1v) is 15.6. The van der Waals surface area contributed by atoms with Gasteiger partial charge in [-0.1, -0.05) is 83.5 Å². The molecule has 42 heavy (non-hydrogen) atoms. The Kier molecular flexibility index (Phi) is 8.41. The van der Waals surface area contributed by atoms with Gasteiger partial charge in [0.05, 0.1) is 16.8 Å². The van der Waals surface area contributed by atoms with Gasteiger partial charge in [-0.15, -0.1) is 11.3 Å². The van der Waals surface area contributed by atoms with Gasteiger partial charge >= 0.3 is 5.97 Å². The third-order valence-electron chi connectivity index (χ3n) is 7.37. The minimum atomic E-state index is -0.968. The van der Waals surface area contributed by atoms with Gasteiger partial charge in [-0.25, -0.2) is 9.78 Å². The van der Waals surface area contributed by atoms with E-state index in [1.807, 2.05) is 79.0 Å². The summed E-state index contributed by atoms with van der Waals surface area (Å²) >= 11 is 4.78. The standard InChI is InChI=1S/C33H29BrN4O3S/c1-2-29(31(39)37-33-36-28(20-42-33)22-12-14-23(34)15-13-22)41-32(40)30-24-10-6-7-11-26(24)35-27-16-17-38(19-25(27)30)18-21-8-4-3-5-9-21/h3-15,20,29H,2,16-19H2,1H3,(H,36,37,39). The zero-order chi connectivity index (χ0) is 29.1. The summed E-state index contributed by atoms with van der Waals surface area (Å²) in [6.07, 6.45) is 0.0907. The number of rotatable bonds is 8. The maximum Gasteiger partial charge on any atom is 0.340 e. The molecule has 2 aromatic heterocycles. The Morgan fingerprint density at radius 2 is 1.79 bits per heavy atom. The van der Waals surface area contributed by atoms with Gasteiger partial charge in [-0.2, -0.15) is 0 Å². The second kappa shape index (κ2) is 12.5. The fourth-order valence-electron chi connectivity index (χ4n) is 5.24. The highest BCUT2D eigenvalue weighted by Gasteiger charge is 2.30. The van der Waals surface area contributed by atoms with E-state index in [1.165, 1.54) is 16.9 Å². The quantitative estimate of drug-likeness (QED) is 0.180. The Balaban J connectivity index is 1.23. The molecular weight excluding hydrogens is 612 g/mol. The molecule has 1 aliphatic rings. The van der Waals surface area contributed by atoms with Crippen molar-refractivity contribution in [2.24, 2.45) is 0 Å². The number of carbonyl (C=O) groups excluding carboxylic acids is 2. The van der Waals surface area contributed by atoms with Crippen molar-refractivity contribution in [3.8, 4) is 11.3 Å². The Morgan fingerprint density at radius 1 is 1.02 bits per heavy atom. The number of thiazole rings is 1. The topological polar surface area (TPSA) is 84.4 Å². The first-order valence-electron chi connectivity index (χ1n) is 13.9. The molecule has 0 fully saturated rings. The van der Waals surface area contributed by atoms with E-state index in [2.05, 4.69) is 43.3 Å². The SMILES string of the molecule is CCC(OC(=O)c1c2c(nc3ccccc13)CCN(Cc1ccccc1)C2)C(=O)Nc1nc(-c2ccc(Br)cc2)cs1. The molecule has 3 heterocycles. The van der Waals surface area contributed by atoms with Gasteiger partial charge in [0.2, 0.25) is 0 Å². The van der Waals surface area contributed by atoms with Crippen LogP contribution in [0.1, 0.15) is 40.5 Å². The Bertz CT molecular complexity index is 1740. The molecule has 212 valence electrons. The maximum atomic E-state index is 13.9. The van der Waals surface area contributed by atoms with Crippen molar-refractivity contribution in [2.45, 2.75) is 39.0 Å². The number of carbonyl (C=O) groups is 2. The number of esters is 1. The molecule has 0 spiro atoms. The fourth-order valence-corrected chi connectivity index (χ4v) is 6.22. The molecule has 7 nitrogen and oxygen atoms in total. The molecule has 6 rings (SSSR count). The number of hydrogen-bond acceptors (Lipinski definition) is 7. The number of hydrogen-bond donors (Lipinski definition) is 1. The summed E-state index contributed by atoms with van der Waals surface area (Å²) in [5, 5.41) is 5.93. The first kappa shape index (κ1) is 28.2. The number of para-hydroxylation sites is 1. The highest BCUT2D eigenvalue weighted by Crippen LogP contribution is 2.31. The Hall–Kier alpha value is -3.92. The normalized spacial score (nSPS) is 13.9. The number of aromatic nitrogens is 2. The van der Waals surface area contributed by atoms with E-state index >= 15 is 0 Å². The largest absolute Gasteiger partial charge is 0.449 e. The van der Waals surface area contributed by atoms with Gasteiger partial charge in [-0.05, 0) is 30.2 Å². The van der Waals surface area contributed by atoms with Gasteiger partial charge in [0.1, 0.15) is 0 Å². The van der Waals surface area contributed by atoms with E-state index in [0.717, 1.165) is 57.4 Å². The molecule has 0 bridgehead atoms. The predicted molar refractivity (Wildman–Crippen MR) is 169 cm³/mol. The number of fused-ring (bicyclic) bond motifs is 2. The van der Waals surface area contributed by atoms with Crippen molar-refractivity contribution in [1.29, 1.82) is 0 Å². The van der Waals surface area contributed by atoms with Gasteiger partial charge in [-0.3, -0.25) is 20.0 Å². The second-order valence-electron chi connectivity index (χ2n) is 10.2. The van der Waals surface area contributed by atoms with Crippen LogP contribution in [0.2, 0.25) is 0 Å². The molecule has 1 aliphatic heterocycles. The number of halogens is 1. The highest BCUT2D eigenvalue weighted by molar-refractivity contribution is 9.10. The lowest BCUT2D eigenvalue weighted by Crippen LogP contribution is -2.34. The summed E-state index contributed by atoms with van der Waals surface area (Å²) in [6.45, 7) is 4.02. The molecule has 1 N–H and O–H groups in total. The van der Waals surface area contributed by atoms with E-state index in [0.29, 0.717) is 23.7 Å². The average molecular weight is 642 g/mol. The van der Waals surface area contributed by atoms with Gasteiger partial charge in [0.15, 0.2) is 11.2 Å². The molecule has 0 radical (unpaired) electrons. The molecule has 1 unspecified atom stereocenters. The lowest BCUT2D eigenvalue weighted by atomic mass is 9.95. The molecule has 0 saturated carbocycles. The summed E-state index contributed by atoms with van der Waals surface area (Å²) in [6, 6.07) is 25.7. The van der Waals surface area contributed by atoms with E-state index < -0.39 is 18.0 Å². The summed E-state index contributed by atoms with van der Waals surface area (Å²) in [5.41, 5.74) is 5.95. The zero-order valence-electron chi connectivity index (χ0n) is 23.0. The van der Waals surface area contributed by atoms with Crippen LogP contribution in [0.3, 0.4) is 0 Å². The van der Waals surface area contributed by atoms with Crippen molar-refractivity contribution in [2.75, 3.05) is 11.9 Å². The van der Waals surface area contributed by atoms with Crippen LogP contribution < -0.4 is 5.32 Å². The summed E-state index contributed by atoms with van der Waals surface area (Å²) in [4.78, 5) is 38.9. The predicted octanol–water partition coefficient (Wildman–Crippen LogP) is 7.25. The van der Waals surface area contributed by atoms with E-state index in [-0.39, 0.29) is 0 Å². The fraction of sp³-hybridized carbons (Fsp3) is 0.212. The number of amides is 1. The molecular formula is C33H29BrN4O3S. The van der Waals surface area contributed by atoms with Crippen LogP contribution in [0, 0.1) is 0 Å². The third kappa shape index (κ3) is 6.13. The molecule has 0 saturated heterocycles. The van der Waals surface area contributed by atoms with Gasteiger partial charge < -0.3 is 4.74 Å². The van der Waals surface area contributed by atoms with E-state index in [1.54, 1.807) is 0 Å². The van der Waals surface area contributed by atoms with Crippen LogP contribution in [-0.4, -0.2) is 39.4 Å². The Morgan fingerprint density at radius 3 is 2.57 bits per heavy atom. The van der Waals surface area contributed by atoms with Crippen LogP contribution in [-0.2, 0) is 29.0 Å². The minimum Gasteiger partial charge on any atom is -0.449 e. The van der Waals surface area contributed by atoms with Crippen molar-refractivity contribution in [1.82, 2.24) is 14.9 Å². The molecule has 0 aliphatic carbocycles. The molecule has 5 aromatic rings. The monoisotopic (exact) mass is 640 g/mol. The molecule has 1 atom stereocenters. The van der Waals surface area contributed by atoms with Crippen LogP contribution in [0.4, 0.5) is 5.13 Å². The smallest absolute Gasteiger partial charge is 0.340 e. The lowest BCUT2D eigenvalue weighted by molar-refractivity contribution is -0.124. The second-order valence-corrected chi connectivity index (χ2v) is 12.0. The molecule has 9 heteroatoms. The molecule has 3 aromatic carbocycles. The number of pyridine rings is 1. The summed E-state index contributed by atoms with van der Waals surface area (Å²) in [7, 11) is 0. The first-order chi connectivity index (χ1) is 20.5. The van der Waals surface area contributed by atoms with Crippen LogP contribution in [0.5, 0.6) is 0 Å². The third-order valence-corrected chi connectivity index (χ3v) is 8.65. The summed E-state index contributed by atoms with van der Waals surface area (Å²) in [5.74, 6) is -0.913. The van der Waals surface area contributed by atoms with Crippen molar-refractivity contribution in [3.05, 3.63) is 111 Å². The number of anilines is 1. The van der Waals surface area contributed by atoms with E-state index in [9.17, 15) is 9.59 Å². The van der Waals surface area contributed by atoms with Crippen molar-refractivity contribution < 1.29 is 14.3 Å². The van der Waals surface area contributed by atoms with Gasteiger partial charge in [0, 0.05) is 58.1 Å². The summed E-state index contributed by atoms with van der Waals surface area (Å²) < 4.78 is 6.91. The van der Waals surface area contributed by atoms with Crippen LogP contribution in [0.15, 0.2) is 88.7 Å². The zero-order valence-corrected chi connectivity index (χ0v) is 25.5. The Labute approximate surface area is 256 Å². The van der Waals surface area contributed by atoms with Gasteiger partial charge in [0.25, 0.3) is 5.91 Å². The number of nitrogens with zero attached hydrogens (tertiary/aromatic N) is 3. The highest BCUT2D eigenvalue weighted by atomic mass is 79.9. The molecule has 1 amide bonds. The number of ether oxygens (including phenoxy) is 1. The number of benzene rings is 3. The van der Waals surface area contributed by atoms with E-state index in [4.69, 9.17) is 9.72 Å². The number of nitrogens with one attached hydrogen (secondary N) is 1.